The van der Waals surface area contributed by atoms with Crippen molar-refractivity contribution in [1.29, 1.82) is 0 Å². The van der Waals surface area contributed by atoms with Crippen LogP contribution in [-0.4, -0.2) is 59.3 Å². The van der Waals surface area contributed by atoms with Gasteiger partial charge >= 0.3 is 0 Å². The van der Waals surface area contributed by atoms with E-state index in [2.05, 4.69) is 18.8 Å². The average molecular weight is 538 g/mol. The number of fused-ring (bicyclic) bond motifs is 2. The zero-order valence-corrected chi connectivity index (χ0v) is 23.2. The van der Waals surface area contributed by atoms with E-state index in [0.717, 1.165) is 41.4 Å². The Labute approximate surface area is 223 Å². The predicted octanol–water partition coefficient (Wildman–Crippen LogP) is 3.48. The molecule has 0 fully saturated rings. The standard InChI is InChI=1S/C28H35N5O4S/c1-5-10-32(11-6-2)27(34)21-15-19-7-8-20(16-23(19)30-26(29)17-21)25-18-22-24(31(25)3)9-12-33(28(22)35)13-14-38(4,36)37/h7-9,12,15-16,18H,5-6,10-11,13-14,17H2,1-4H3,(H2,29,30). The first-order valence-corrected chi connectivity index (χ1v) is 14.9. The van der Waals surface area contributed by atoms with Gasteiger partial charge in [0, 0.05) is 67.9 Å². The summed E-state index contributed by atoms with van der Waals surface area (Å²) < 4.78 is 26.5. The molecule has 3 heterocycles. The van der Waals surface area contributed by atoms with Crippen molar-refractivity contribution in [3.63, 3.8) is 0 Å². The lowest BCUT2D eigenvalue weighted by Crippen LogP contribution is -2.34. The minimum Gasteiger partial charge on any atom is -0.387 e. The van der Waals surface area contributed by atoms with Crippen molar-refractivity contribution in [3.05, 3.63) is 58.0 Å². The average Bonchev–Trinajstić information content (AvgIpc) is 3.09. The molecule has 1 aromatic carbocycles. The second-order valence-electron chi connectivity index (χ2n) is 9.85. The van der Waals surface area contributed by atoms with E-state index in [9.17, 15) is 18.0 Å². The van der Waals surface area contributed by atoms with Crippen LogP contribution in [0.2, 0.25) is 0 Å². The number of carbonyl (C=O) groups is 1. The Morgan fingerprint density at radius 3 is 2.50 bits per heavy atom. The molecule has 1 aliphatic rings. The lowest BCUT2D eigenvalue weighted by Gasteiger charge is -2.22. The van der Waals surface area contributed by atoms with E-state index in [1.807, 2.05) is 52.9 Å². The van der Waals surface area contributed by atoms with Gasteiger partial charge in [-0.15, -0.1) is 0 Å². The predicted molar refractivity (Wildman–Crippen MR) is 153 cm³/mol. The van der Waals surface area contributed by atoms with Crippen LogP contribution in [0.5, 0.6) is 0 Å². The molecule has 2 aromatic heterocycles. The number of hydrogen-bond donors (Lipinski definition) is 1. The normalized spacial score (nSPS) is 13.6. The molecule has 1 aliphatic heterocycles. The van der Waals surface area contributed by atoms with Gasteiger partial charge in [-0.25, -0.2) is 13.4 Å². The third-order valence-electron chi connectivity index (χ3n) is 6.73. The Bertz CT molecular complexity index is 1610. The van der Waals surface area contributed by atoms with Gasteiger partial charge in [-0.05, 0) is 37.1 Å². The van der Waals surface area contributed by atoms with Gasteiger partial charge in [0.2, 0.25) is 5.91 Å². The Kier molecular flexibility index (Phi) is 7.91. The first kappa shape index (κ1) is 27.4. The minimum absolute atomic E-state index is 0.00962. The highest BCUT2D eigenvalue weighted by Crippen LogP contribution is 2.33. The maximum atomic E-state index is 13.3. The number of amides is 1. The summed E-state index contributed by atoms with van der Waals surface area (Å²) in [6.07, 6.45) is 6.72. The van der Waals surface area contributed by atoms with E-state index in [1.54, 1.807) is 6.20 Å². The van der Waals surface area contributed by atoms with Gasteiger partial charge < -0.3 is 19.8 Å². The highest BCUT2D eigenvalue weighted by Gasteiger charge is 2.21. The molecule has 9 nitrogen and oxygen atoms in total. The van der Waals surface area contributed by atoms with Crippen molar-refractivity contribution in [1.82, 2.24) is 14.0 Å². The molecule has 0 radical (unpaired) electrons. The number of sulfone groups is 1. The Balaban J connectivity index is 1.72. The molecule has 202 valence electrons. The van der Waals surface area contributed by atoms with Crippen LogP contribution in [0.15, 0.2) is 51.9 Å². The molecule has 0 aliphatic carbocycles. The van der Waals surface area contributed by atoms with Gasteiger partial charge in [-0.2, -0.15) is 0 Å². The highest BCUT2D eigenvalue weighted by atomic mass is 32.2. The Morgan fingerprint density at radius 1 is 1.13 bits per heavy atom. The van der Waals surface area contributed by atoms with Gasteiger partial charge in [0.25, 0.3) is 5.56 Å². The smallest absolute Gasteiger partial charge is 0.260 e. The van der Waals surface area contributed by atoms with Gasteiger partial charge in [0.15, 0.2) is 0 Å². The maximum absolute atomic E-state index is 13.3. The number of pyridine rings is 1. The molecule has 2 N–H and O–H groups in total. The molecule has 0 spiro atoms. The van der Waals surface area contributed by atoms with Crippen LogP contribution >= 0.6 is 0 Å². The molecule has 3 aromatic rings. The van der Waals surface area contributed by atoms with Crippen molar-refractivity contribution < 1.29 is 13.2 Å². The second-order valence-corrected chi connectivity index (χ2v) is 12.1. The quantitative estimate of drug-likeness (QED) is 0.448. The summed E-state index contributed by atoms with van der Waals surface area (Å²) in [6.45, 7) is 5.61. The Morgan fingerprint density at radius 2 is 1.84 bits per heavy atom. The number of aliphatic imine (C=N–C) groups is 1. The molecule has 10 heteroatoms. The molecule has 38 heavy (non-hydrogen) atoms. The molecule has 4 rings (SSSR count). The number of amidine groups is 1. The van der Waals surface area contributed by atoms with Crippen molar-refractivity contribution in [2.45, 2.75) is 39.7 Å². The summed E-state index contributed by atoms with van der Waals surface area (Å²) >= 11 is 0. The number of nitrogens with zero attached hydrogens (tertiary/aromatic N) is 4. The van der Waals surface area contributed by atoms with E-state index in [1.165, 1.54) is 4.57 Å². The number of nitrogens with two attached hydrogens (primary N) is 1. The van der Waals surface area contributed by atoms with Gasteiger partial charge in [0.05, 0.1) is 22.3 Å². The van der Waals surface area contributed by atoms with Crippen LogP contribution in [0, 0.1) is 0 Å². The van der Waals surface area contributed by atoms with Gasteiger partial charge in [-0.3, -0.25) is 9.59 Å². The number of carbonyl (C=O) groups excluding carboxylic acids is 1. The summed E-state index contributed by atoms with van der Waals surface area (Å²) in [4.78, 5) is 32.8. The SMILES string of the molecule is CCCN(CCC)C(=O)C1=Cc2ccc(-c3cc4c(=O)n(CCS(C)(=O)=O)ccc4n3C)cc2N=C(N)C1. The van der Waals surface area contributed by atoms with Crippen LogP contribution in [-0.2, 0) is 28.2 Å². The third kappa shape index (κ3) is 5.75. The van der Waals surface area contributed by atoms with Crippen molar-refractivity contribution in [3.8, 4) is 11.3 Å². The van der Waals surface area contributed by atoms with Crippen LogP contribution < -0.4 is 11.3 Å². The first-order valence-electron chi connectivity index (χ1n) is 12.9. The Hall–Kier alpha value is -3.66. The fourth-order valence-corrected chi connectivity index (χ4v) is 5.36. The summed E-state index contributed by atoms with van der Waals surface area (Å²) in [5, 5.41) is 0.510. The fraction of sp³-hybridized carbons (Fsp3) is 0.393. The number of aryl methyl sites for hydroxylation is 2. The molecule has 0 saturated heterocycles. The zero-order valence-electron chi connectivity index (χ0n) is 22.4. The molecule has 0 unspecified atom stereocenters. The van der Waals surface area contributed by atoms with E-state index in [4.69, 9.17) is 5.73 Å². The molecule has 0 bridgehead atoms. The van der Waals surface area contributed by atoms with Crippen LogP contribution in [0.25, 0.3) is 28.2 Å². The number of benzene rings is 1. The van der Waals surface area contributed by atoms with Crippen LogP contribution in [0.4, 0.5) is 5.69 Å². The van der Waals surface area contributed by atoms with E-state index in [0.29, 0.717) is 35.6 Å². The van der Waals surface area contributed by atoms with Crippen molar-refractivity contribution >= 4 is 44.2 Å². The van der Waals surface area contributed by atoms with Crippen LogP contribution in [0.3, 0.4) is 0 Å². The van der Waals surface area contributed by atoms with E-state index in [-0.39, 0.29) is 30.2 Å². The van der Waals surface area contributed by atoms with Crippen molar-refractivity contribution in [2.75, 3.05) is 25.1 Å². The lowest BCUT2D eigenvalue weighted by atomic mass is 10.0. The highest BCUT2D eigenvalue weighted by molar-refractivity contribution is 7.90. The zero-order chi connectivity index (χ0) is 27.6. The molecule has 0 atom stereocenters. The second kappa shape index (κ2) is 11.0. The summed E-state index contributed by atoms with van der Waals surface area (Å²) in [7, 11) is -1.31. The summed E-state index contributed by atoms with van der Waals surface area (Å²) in [6, 6.07) is 9.42. The molecule has 1 amide bonds. The van der Waals surface area contributed by atoms with E-state index < -0.39 is 9.84 Å². The molecular formula is C28H35N5O4S. The monoisotopic (exact) mass is 537 g/mol. The van der Waals surface area contributed by atoms with Gasteiger partial charge in [0.1, 0.15) is 15.7 Å². The van der Waals surface area contributed by atoms with Crippen LogP contribution in [0.1, 0.15) is 38.7 Å². The topological polar surface area (TPSA) is 120 Å². The largest absolute Gasteiger partial charge is 0.387 e. The third-order valence-corrected chi connectivity index (χ3v) is 7.65. The molecular weight excluding hydrogens is 502 g/mol. The fourth-order valence-electron chi connectivity index (χ4n) is 4.84. The maximum Gasteiger partial charge on any atom is 0.260 e. The first-order chi connectivity index (χ1) is 18.0. The van der Waals surface area contributed by atoms with E-state index >= 15 is 0 Å². The van der Waals surface area contributed by atoms with Gasteiger partial charge in [-0.1, -0.05) is 26.0 Å². The molecule has 0 saturated carbocycles. The lowest BCUT2D eigenvalue weighted by molar-refractivity contribution is -0.127. The summed E-state index contributed by atoms with van der Waals surface area (Å²) in [5.74, 6) is 0.263. The summed E-state index contributed by atoms with van der Waals surface area (Å²) in [5.41, 5.74) is 10.5. The minimum atomic E-state index is -3.19. The number of aromatic nitrogens is 2. The van der Waals surface area contributed by atoms with Crippen molar-refractivity contribution in [2.24, 2.45) is 17.8 Å². The number of hydrogen-bond acceptors (Lipinski definition) is 6. The number of rotatable bonds is 9.